The highest BCUT2D eigenvalue weighted by molar-refractivity contribution is 7.99. The topological polar surface area (TPSA) is 52.3 Å². The summed E-state index contributed by atoms with van der Waals surface area (Å²) < 4.78 is 5.00. The van der Waals surface area contributed by atoms with E-state index in [-0.39, 0.29) is 5.97 Å². The summed E-state index contributed by atoms with van der Waals surface area (Å²) in [7, 11) is 0. The Balaban J connectivity index is 1.85. The first-order valence-electron chi connectivity index (χ1n) is 7.23. The van der Waals surface area contributed by atoms with Crippen molar-refractivity contribution in [1.82, 2.24) is 0 Å². The van der Waals surface area contributed by atoms with E-state index in [1.807, 2.05) is 0 Å². The van der Waals surface area contributed by atoms with Gasteiger partial charge in [-0.1, -0.05) is 6.07 Å². The number of carbonyl (C=O) groups is 1. The van der Waals surface area contributed by atoms with Crippen LogP contribution in [0.5, 0.6) is 0 Å². The van der Waals surface area contributed by atoms with Crippen LogP contribution in [0.4, 0.5) is 0 Å². The van der Waals surface area contributed by atoms with Gasteiger partial charge in [0.2, 0.25) is 0 Å². The highest BCUT2D eigenvalue weighted by atomic mass is 32.2. The van der Waals surface area contributed by atoms with Crippen molar-refractivity contribution in [1.29, 1.82) is 0 Å². The standard InChI is InChI=1S/C16H23NO2S/c1-3-19-15(18)16(2,17)9-10-20-14-8-7-12-5-4-6-13(12)11-14/h7-8,11H,3-6,9-10,17H2,1-2H3. The lowest BCUT2D eigenvalue weighted by Gasteiger charge is -2.21. The van der Waals surface area contributed by atoms with Crippen LogP contribution >= 0.6 is 11.8 Å². The second-order valence-electron chi connectivity index (χ2n) is 5.52. The quantitative estimate of drug-likeness (QED) is 0.647. The van der Waals surface area contributed by atoms with Gasteiger partial charge in [-0.3, -0.25) is 4.79 Å². The second kappa shape index (κ2) is 6.64. The van der Waals surface area contributed by atoms with Gasteiger partial charge in [0.25, 0.3) is 0 Å². The number of fused-ring (bicyclic) bond motifs is 1. The van der Waals surface area contributed by atoms with Gasteiger partial charge in [-0.2, -0.15) is 0 Å². The Morgan fingerprint density at radius 3 is 2.90 bits per heavy atom. The van der Waals surface area contributed by atoms with Crippen molar-refractivity contribution in [2.45, 2.75) is 50.0 Å². The van der Waals surface area contributed by atoms with Gasteiger partial charge in [-0.15, -0.1) is 11.8 Å². The van der Waals surface area contributed by atoms with Gasteiger partial charge in [0.1, 0.15) is 5.54 Å². The Labute approximate surface area is 125 Å². The third-order valence-corrected chi connectivity index (χ3v) is 4.70. The Morgan fingerprint density at radius 1 is 1.40 bits per heavy atom. The summed E-state index contributed by atoms with van der Waals surface area (Å²) in [6.45, 7) is 3.92. The molecule has 1 atom stereocenters. The van der Waals surface area contributed by atoms with E-state index < -0.39 is 5.54 Å². The van der Waals surface area contributed by atoms with Gasteiger partial charge in [0, 0.05) is 10.6 Å². The fourth-order valence-electron chi connectivity index (χ4n) is 2.42. The molecular formula is C16H23NO2S. The molecule has 2 N–H and O–H groups in total. The number of rotatable bonds is 6. The van der Waals surface area contributed by atoms with E-state index in [0.717, 1.165) is 5.75 Å². The van der Waals surface area contributed by atoms with Gasteiger partial charge in [0.15, 0.2) is 0 Å². The van der Waals surface area contributed by atoms with Crippen molar-refractivity contribution in [2.75, 3.05) is 12.4 Å². The summed E-state index contributed by atoms with van der Waals surface area (Å²) in [6.07, 6.45) is 4.30. The Morgan fingerprint density at radius 2 is 2.15 bits per heavy atom. The first-order chi connectivity index (χ1) is 9.53. The van der Waals surface area contributed by atoms with Gasteiger partial charge in [-0.05, 0) is 62.8 Å². The fraction of sp³-hybridized carbons (Fsp3) is 0.562. The molecule has 20 heavy (non-hydrogen) atoms. The number of thioether (sulfide) groups is 1. The molecule has 0 aliphatic heterocycles. The molecule has 4 heteroatoms. The number of hydrogen-bond donors (Lipinski definition) is 1. The van der Waals surface area contributed by atoms with Gasteiger partial charge in [-0.25, -0.2) is 0 Å². The predicted molar refractivity (Wildman–Crippen MR) is 83.0 cm³/mol. The third kappa shape index (κ3) is 3.76. The molecule has 2 rings (SSSR count). The summed E-state index contributed by atoms with van der Waals surface area (Å²) >= 11 is 1.76. The maximum Gasteiger partial charge on any atom is 0.325 e. The highest BCUT2D eigenvalue weighted by Gasteiger charge is 2.29. The Kier molecular flexibility index (Phi) is 5.11. The number of esters is 1. The molecule has 1 aromatic rings. The maximum atomic E-state index is 11.7. The van der Waals surface area contributed by atoms with Crippen LogP contribution in [-0.2, 0) is 22.4 Å². The zero-order valence-electron chi connectivity index (χ0n) is 12.3. The number of hydrogen-bond acceptors (Lipinski definition) is 4. The normalized spacial score (nSPS) is 16.6. The lowest BCUT2D eigenvalue weighted by molar-refractivity contribution is -0.149. The van der Waals surface area contributed by atoms with E-state index >= 15 is 0 Å². The summed E-state index contributed by atoms with van der Waals surface area (Å²) in [5, 5.41) is 0. The molecule has 1 aliphatic carbocycles. The van der Waals surface area contributed by atoms with Crippen LogP contribution in [0.25, 0.3) is 0 Å². The smallest absolute Gasteiger partial charge is 0.325 e. The summed E-state index contributed by atoms with van der Waals surface area (Å²) in [4.78, 5) is 13.0. The average Bonchev–Trinajstić information content (AvgIpc) is 2.86. The van der Waals surface area contributed by atoms with Crippen LogP contribution in [0, 0.1) is 0 Å². The monoisotopic (exact) mass is 293 g/mol. The Bertz CT molecular complexity index is 485. The molecular weight excluding hydrogens is 270 g/mol. The molecule has 0 radical (unpaired) electrons. The summed E-state index contributed by atoms with van der Waals surface area (Å²) in [5.74, 6) is 0.513. The molecule has 0 bridgehead atoms. The van der Waals surface area contributed by atoms with E-state index in [2.05, 4.69) is 18.2 Å². The van der Waals surface area contributed by atoms with Crippen LogP contribution in [-0.4, -0.2) is 23.9 Å². The van der Waals surface area contributed by atoms with Crippen molar-refractivity contribution in [3.63, 3.8) is 0 Å². The van der Waals surface area contributed by atoms with Crippen LogP contribution in [0.15, 0.2) is 23.1 Å². The van der Waals surface area contributed by atoms with Crippen molar-refractivity contribution in [3.05, 3.63) is 29.3 Å². The molecule has 0 amide bonds. The van der Waals surface area contributed by atoms with Crippen LogP contribution in [0.2, 0.25) is 0 Å². The van der Waals surface area contributed by atoms with Crippen molar-refractivity contribution in [2.24, 2.45) is 5.73 Å². The molecule has 0 aromatic heterocycles. The zero-order chi connectivity index (χ0) is 14.6. The Hall–Kier alpha value is -1.00. The predicted octanol–water partition coefficient (Wildman–Crippen LogP) is 2.94. The molecule has 0 saturated heterocycles. The van der Waals surface area contributed by atoms with E-state index in [1.54, 1.807) is 25.6 Å². The highest BCUT2D eigenvalue weighted by Crippen LogP contribution is 2.28. The number of carbonyl (C=O) groups excluding carboxylic acids is 1. The molecule has 3 nitrogen and oxygen atoms in total. The molecule has 0 saturated carbocycles. The third-order valence-electron chi connectivity index (χ3n) is 3.70. The van der Waals surface area contributed by atoms with E-state index in [0.29, 0.717) is 13.0 Å². The lowest BCUT2D eigenvalue weighted by atomic mass is 10.0. The number of aryl methyl sites for hydroxylation is 2. The first-order valence-corrected chi connectivity index (χ1v) is 8.22. The average molecular weight is 293 g/mol. The van der Waals surface area contributed by atoms with Crippen LogP contribution < -0.4 is 5.73 Å². The molecule has 1 aliphatic rings. The number of ether oxygens (including phenoxy) is 1. The summed E-state index contributed by atoms with van der Waals surface area (Å²) in [5.41, 5.74) is 8.10. The first kappa shape index (κ1) is 15.4. The second-order valence-corrected chi connectivity index (χ2v) is 6.69. The van der Waals surface area contributed by atoms with Gasteiger partial charge < -0.3 is 10.5 Å². The molecule has 0 heterocycles. The van der Waals surface area contributed by atoms with Gasteiger partial charge >= 0.3 is 5.97 Å². The minimum atomic E-state index is -0.889. The number of nitrogens with two attached hydrogens (primary N) is 1. The molecule has 110 valence electrons. The van der Waals surface area contributed by atoms with Crippen molar-refractivity contribution < 1.29 is 9.53 Å². The van der Waals surface area contributed by atoms with Crippen molar-refractivity contribution >= 4 is 17.7 Å². The van der Waals surface area contributed by atoms with E-state index in [1.165, 1.54) is 35.3 Å². The number of benzene rings is 1. The molecule has 1 unspecified atom stereocenters. The van der Waals surface area contributed by atoms with Crippen LogP contribution in [0.3, 0.4) is 0 Å². The zero-order valence-corrected chi connectivity index (χ0v) is 13.1. The van der Waals surface area contributed by atoms with Gasteiger partial charge in [0.05, 0.1) is 6.61 Å². The molecule has 1 aromatic carbocycles. The SMILES string of the molecule is CCOC(=O)C(C)(N)CCSc1ccc2c(c1)CCC2. The lowest BCUT2D eigenvalue weighted by Crippen LogP contribution is -2.46. The molecule has 0 fully saturated rings. The van der Waals surface area contributed by atoms with E-state index in [9.17, 15) is 4.79 Å². The maximum absolute atomic E-state index is 11.7. The van der Waals surface area contributed by atoms with E-state index in [4.69, 9.17) is 10.5 Å². The van der Waals surface area contributed by atoms with Crippen LogP contribution in [0.1, 0.15) is 37.8 Å². The summed E-state index contributed by atoms with van der Waals surface area (Å²) in [6, 6.07) is 6.69. The minimum absolute atomic E-state index is 0.311. The largest absolute Gasteiger partial charge is 0.465 e. The fourth-order valence-corrected chi connectivity index (χ4v) is 3.57. The minimum Gasteiger partial charge on any atom is -0.465 e. The van der Waals surface area contributed by atoms with Crippen molar-refractivity contribution in [3.8, 4) is 0 Å². The molecule has 0 spiro atoms.